The Kier molecular flexibility index (Phi) is 8.15. The maximum absolute atomic E-state index is 8.60. The fourth-order valence-corrected chi connectivity index (χ4v) is 5.76. The number of rotatable bonds is 10. The first kappa shape index (κ1) is 23.9. The molecule has 0 bridgehead atoms. The van der Waals surface area contributed by atoms with Gasteiger partial charge in [-0.25, -0.2) is 0 Å². The van der Waals surface area contributed by atoms with Crippen LogP contribution in [0, 0.1) is 24.2 Å². The van der Waals surface area contributed by atoms with E-state index in [9.17, 15) is 0 Å². The van der Waals surface area contributed by atoms with Gasteiger partial charge in [-0.05, 0) is 62.8 Å². The SMILES string of the molecule is Cc1cccc(CCN2CCN(CCCC[C@H]3CN=C(N)N3CC3CCC(C)CC3)C2=N)c1. The lowest BCUT2D eigenvalue weighted by molar-refractivity contribution is 0.211. The van der Waals surface area contributed by atoms with Gasteiger partial charge in [0, 0.05) is 32.7 Å². The van der Waals surface area contributed by atoms with E-state index in [1.54, 1.807) is 0 Å². The molecule has 0 unspecified atom stereocenters. The Morgan fingerprint density at radius 2 is 1.82 bits per heavy atom. The van der Waals surface area contributed by atoms with Gasteiger partial charge in [0.25, 0.3) is 0 Å². The number of benzene rings is 1. The summed E-state index contributed by atoms with van der Waals surface area (Å²) < 4.78 is 0. The van der Waals surface area contributed by atoms with Crippen molar-refractivity contribution < 1.29 is 0 Å². The van der Waals surface area contributed by atoms with Crippen LogP contribution in [0.4, 0.5) is 0 Å². The molecule has 6 nitrogen and oxygen atoms in total. The van der Waals surface area contributed by atoms with Crippen LogP contribution in [0.2, 0.25) is 0 Å². The Hall–Kier alpha value is -2.24. The first-order chi connectivity index (χ1) is 16.0. The molecule has 1 atom stereocenters. The van der Waals surface area contributed by atoms with Crippen molar-refractivity contribution in [2.24, 2.45) is 22.6 Å². The highest BCUT2D eigenvalue weighted by Gasteiger charge is 2.30. The van der Waals surface area contributed by atoms with Crippen LogP contribution in [0.1, 0.15) is 63.0 Å². The number of guanidine groups is 2. The quantitative estimate of drug-likeness (QED) is 0.525. The van der Waals surface area contributed by atoms with Gasteiger partial charge >= 0.3 is 0 Å². The average molecular weight is 453 g/mol. The van der Waals surface area contributed by atoms with Gasteiger partial charge in [0.1, 0.15) is 0 Å². The van der Waals surface area contributed by atoms with Crippen LogP contribution in [-0.2, 0) is 6.42 Å². The topological polar surface area (TPSA) is 72.0 Å². The largest absolute Gasteiger partial charge is 0.370 e. The van der Waals surface area contributed by atoms with Crippen LogP contribution in [0.25, 0.3) is 0 Å². The highest BCUT2D eigenvalue weighted by atomic mass is 15.4. The Morgan fingerprint density at radius 3 is 2.58 bits per heavy atom. The second-order valence-electron chi connectivity index (χ2n) is 10.7. The Labute approximate surface area is 200 Å². The summed E-state index contributed by atoms with van der Waals surface area (Å²) in [5.41, 5.74) is 8.94. The number of nitrogens with zero attached hydrogens (tertiary/aromatic N) is 4. The lowest BCUT2D eigenvalue weighted by Gasteiger charge is -2.33. The minimum Gasteiger partial charge on any atom is -0.370 e. The molecule has 0 aromatic heterocycles. The Balaban J connectivity index is 1.15. The molecule has 1 aliphatic carbocycles. The van der Waals surface area contributed by atoms with Crippen molar-refractivity contribution in [3.05, 3.63) is 35.4 Å². The third-order valence-electron chi connectivity index (χ3n) is 8.00. The molecule has 2 aliphatic heterocycles. The van der Waals surface area contributed by atoms with Crippen molar-refractivity contribution in [1.29, 1.82) is 5.41 Å². The fourth-order valence-electron chi connectivity index (χ4n) is 5.76. The zero-order valence-electron chi connectivity index (χ0n) is 20.8. The van der Waals surface area contributed by atoms with Gasteiger partial charge in [-0.3, -0.25) is 10.4 Å². The van der Waals surface area contributed by atoms with Crippen molar-refractivity contribution in [1.82, 2.24) is 14.7 Å². The first-order valence-electron chi connectivity index (χ1n) is 13.2. The molecule has 1 saturated heterocycles. The van der Waals surface area contributed by atoms with E-state index < -0.39 is 0 Å². The number of nitrogens with two attached hydrogens (primary N) is 1. The second kappa shape index (κ2) is 11.3. The standard InChI is InChI=1S/C27H44N6/c1-21-9-11-24(12-10-21)20-33-25(19-30-26(33)28)8-3-4-14-31-16-17-32(27(31)29)15-13-23-7-5-6-22(2)18-23/h5-7,18,21,24-25,29H,3-4,8-17,19-20H2,1-2H3,(H2,28,30)/t21?,24?,25-/m0/s1. The normalized spacial score (nSPS) is 25.8. The fraction of sp³-hybridized carbons (Fsp3) is 0.704. The van der Waals surface area contributed by atoms with Gasteiger partial charge in [0.05, 0.1) is 12.6 Å². The van der Waals surface area contributed by atoms with Crippen molar-refractivity contribution in [2.75, 3.05) is 39.3 Å². The van der Waals surface area contributed by atoms with Gasteiger partial charge in [0.2, 0.25) is 0 Å². The molecular formula is C27H44N6. The van der Waals surface area contributed by atoms with Crippen LogP contribution in [0.5, 0.6) is 0 Å². The van der Waals surface area contributed by atoms with E-state index in [-0.39, 0.29) is 0 Å². The van der Waals surface area contributed by atoms with Crippen molar-refractivity contribution >= 4 is 11.9 Å². The smallest absolute Gasteiger partial charge is 0.193 e. The van der Waals surface area contributed by atoms with Crippen LogP contribution < -0.4 is 5.73 Å². The van der Waals surface area contributed by atoms with Crippen LogP contribution in [-0.4, -0.2) is 71.9 Å². The number of aliphatic imine (C=N–C) groups is 1. The number of nitrogens with one attached hydrogen (secondary N) is 1. The second-order valence-corrected chi connectivity index (χ2v) is 10.7. The Morgan fingerprint density at radius 1 is 1.06 bits per heavy atom. The maximum atomic E-state index is 8.60. The van der Waals surface area contributed by atoms with E-state index in [1.807, 2.05) is 0 Å². The number of unbranched alkanes of at least 4 members (excludes halogenated alkanes) is 1. The average Bonchev–Trinajstić information content (AvgIpc) is 3.33. The van der Waals surface area contributed by atoms with E-state index in [4.69, 9.17) is 11.1 Å². The van der Waals surface area contributed by atoms with Crippen molar-refractivity contribution in [3.8, 4) is 0 Å². The molecule has 3 N–H and O–H groups in total. The molecule has 1 aromatic carbocycles. The zero-order valence-corrected chi connectivity index (χ0v) is 20.8. The van der Waals surface area contributed by atoms with E-state index in [0.717, 1.165) is 76.3 Å². The summed E-state index contributed by atoms with van der Waals surface area (Å²) in [6.07, 6.45) is 9.90. The summed E-state index contributed by atoms with van der Waals surface area (Å²) >= 11 is 0. The van der Waals surface area contributed by atoms with Gasteiger partial charge in [-0.15, -0.1) is 0 Å². The summed E-state index contributed by atoms with van der Waals surface area (Å²) in [4.78, 5) is 11.5. The predicted octanol–water partition coefficient (Wildman–Crippen LogP) is 4.09. The van der Waals surface area contributed by atoms with Crippen molar-refractivity contribution in [3.63, 3.8) is 0 Å². The molecule has 6 heteroatoms. The molecule has 0 radical (unpaired) electrons. The zero-order chi connectivity index (χ0) is 23.2. The molecule has 1 aromatic rings. The minimum absolute atomic E-state index is 0.480. The lowest BCUT2D eigenvalue weighted by Crippen LogP contribution is -2.44. The highest BCUT2D eigenvalue weighted by molar-refractivity contribution is 5.80. The van der Waals surface area contributed by atoms with Gasteiger partial charge in [-0.2, -0.15) is 0 Å². The highest BCUT2D eigenvalue weighted by Crippen LogP contribution is 2.30. The lowest BCUT2D eigenvalue weighted by atomic mass is 9.82. The molecule has 2 fully saturated rings. The van der Waals surface area contributed by atoms with E-state index in [0.29, 0.717) is 12.0 Å². The summed E-state index contributed by atoms with van der Waals surface area (Å²) in [6, 6.07) is 9.21. The predicted molar refractivity (Wildman–Crippen MR) is 138 cm³/mol. The van der Waals surface area contributed by atoms with E-state index in [1.165, 1.54) is 43.2 Å². The molecular weight excluding hydrogens is 408 g/mol. The Bertz CT molecular complexity index is 813. The van der Waals surface area contributed by atoms with E-state index >= 15 is 0 Å². The third kappa shape index (κ3) is 6.42. The monoisotopic (exact) mass is 452 g/mol. The maximum Gasteiger partial charge on any atom is 0.193 e. The van der Waals surface area contributed by atoms with Gasteiger partial charge in [0.15, 0.2) is 11.9 Å². The number of hydrogen-bond donors (Lipinski definition) is 2. The molecule has 1 saturated carbocycles. The van der Waals surface area contributed by atoms with Gasteiger partial charge < -0.3 is 20.4 Å². The van der Waals surface area contributed by atoms with Crippen LogP contribution in [0.15, 0.2) is 29.3 Å². The summed E-state index contributed by atoms with van der Waals surface area (Å²) in [5.74, 6) is 3.16. The molecule has 2 heterocycles. The van der Waals surface area contributed by atoms with Crippen molar-refractivity contribution in [2.45, 2.75) is 71.3 Å². The summed E-state index contributed by atoms with van der Waals surface area (Å²) in [6.45, 7) is 10.4. The summed E-state index contributed by atoms with van der Waals surface area (Å²) in [7, 11) is 0. The van der Waals surface area contributed by atoms with Gasteiger partial charge in [-0.1, -0.05) is 49.6 Å². The van der Waals surface area contributed by atoms with Crippen LogP contribution >= 0.6 is 0 Å². The molecule has 0 amide bonds. The molecule has 182 valence electrons. The molecule has 3 aliphatic rings. The van der Waals surface area contributed by atoms with Crippen LogP contribution in [0.3, 0.4) is 0 Å². The molecule has 33 heavy (non-hydrogen) atoms. The molecule has 0 spiro atoms. The minimum atomic E-state index is 0.480. The number of aryl methyl sites for hydroxylation is 1. The third-order valence-corrected chi connectivity index (χ3v) is 8.00. The summed E-state index contributed by atoms with van der Waals surface area (Å²) in [5, 5.41) is 8.60. The van der Waals surface area contributed by atoms with E-state index in [2.05, 4.69) is 57.8 Å². The first-order valence-corrected chi connectivity index (χ1v) is 13.2. The number of hydrogen-bond acceptors (Lipinski definition) is 4. The molecule has 4 rings (SSSR count).